The highest BCUT2D eigenvalue weighted by Crippen LogP contribution is 2.49. The zero-order chi connectivity index (χ0) is 22.9. The summed E-state index contributed by atoms with van der Waals surface area (Å²) < 4.78 is 6.91. The fourth-order valence-corrected chi connectivity index (χ4v) is 5.47. The summed E-state index contributed by atoms with van der Waals surface area (Å²) in [6.45, 7) is 1.85. The molecule has 32 heavy (non-hydrogen) atoms. The van der Waals surface area contributed by atoms with Crippen molar-refractivity contribution in [2.45, 2.75) is 69.9 Å². The number of benzene rings is 1. The lowest BCUT2D eigenvalue weighted by Crippen LogP contribution is -2.51. The molecule has 0 amide bonds. The highest BCUT2D eigenvalue weighted by molar-refractivity contribution is 9.10. The minimum atomic E-state index is -2.01. The van der Waals surface area contributed by atoms with Gasteiger partial charge in [0.15, 0.2) is 0 Å². The summed E-state index contributed by atoms with van der Waals surface area (Å²) in [5.74, 6) is -1.27. The van der Waals surface area contributed by atoms with Crippen LogP contribution in [0.4, 0.5) is 0 Å². The molecular weight excluding hydrogens is 470 g/mol. The second-order valence-corrected chi connectivity index (χ2v) is 9.52. The quantitative estimate of drug-likeness (QED) is 0.530. The number of halogens is 1. The van der Waals surface area contributed by atoms with Gasteiger partial charge in [-0.3, -0.25) is 0 Å². The van der Waals surface area contributed by atoms with Crippen molar-refractivity contribution in [1.82, 2.24) is 10.2 Å². The summed E-state index contributed by atoms with van der Waals surface area (Å²) in [6.07, 6.45) is 10.2. The van der Waals surface area contributed by atoms with Crippen molar-refractivity contribution in [3.05, 3.63) is 62.9 Å². The highest BCUT2D eigenvalue weighted by atomic mass is 79.9. The number of likely N-dealkylation sites (tertiary alicyclic amines) is 1. The standard InChI is InChI=1S/C25H30BrN3O3/c1-3-22-21(15-28-2)24(16-5-4-6-16)29(25(22,30)31)18-8-11-19(12-9-18)32-20-10-7-17(14-27)23(26)13-20/h3,7,10,13,15,18-19,28,30-31H,4-6,8-9,11-12H2,1-2H3/b21-15+,22-3?. The molecule has 1 aromatic rings. The normalized spacial score (nSPS) is 27.4. The predicted molar refractivity (Wildman–Crippen MR) is 126 cm³/mol. The first-order valence-electron chi connectivity index (χ1n) is 11.3. The van der Waals surface area contributed by atoms with E-state index >= 15 is 0 Å². The van der Waals surface area contributed by atoms with Crippen molar-refractivity contribution in [2.24, 2.45) is 0 Å². The molecule has 1 aromatic carbocycles. The van der Waals surface area contributed by atoms with Crippen molar-refractivity contribution in [3.8, 4) is 11.8 Å². The summed E-state index contributed by atoms with van der Waals surface area (Å²) in [6, 6.07) is 7.59. The van der Waals surface area contributed by atoms with Gasteiger partial charge in [0.25, 0.3) is 5.91 Å². The van der Waals surface area contributed by atoms with Gasteiger partial charge in [-0.2, -0.15) is 5.26 Å². The third kappa shape index (κ3) is 4.07. The van der Waals surface area contributed by atoms with Gasteiger partial charge in [-0.1, -0.05) is 6.08 Å². The minimum absolute atomic E-state index is 0.0263. The fraction of sp³-hybridized carbons (Fsp3) is 0.480. The molecule has 0 bridgehead atoms. The molecule has 3 N–H and O–H groups in total. The van der Waals surface area contributed by atoms with Crippen LogP contribution < -0.4 is 10.1 Å². The van der Waals surface area contributed by atoms with Crippen LogP contribution >= 0.6 is 15.9 Å². The summed E-state index contributed by atoms with van der Waals surface area (Å²) >= 11 is 3.42. The number of aliphatic hydroxyl groups is 2. The maximum absolute atomic E-state index is 11.2. The SMILES string of the molecule is CC=C1/C(=C\NC)C(=C2CCC2)N(C2CCC(Oc3ccc(C#N)c(Br)c3)CC2)C1(O)O. The van der Waals surface area contributed by atoms with Crippen LogP contribution in [-0.4, -0.2) is 40.2 Å². The number of hydrogen-bond acceptors (Lipinski definition) is 6. The maximum atomic E-state index is 11.2. The van der Waals surface area contributed by atoms with Gasteiger partial charge in [-0.25, -0.2) is 0 Å². The first-order valence-corrected chi connectivity index (χ1v) is 12.1. The van der Waals surface area contributed by atoms with Gasteiger partial charge in [0.1, 0.15) is 11.8 Å². The Morgan fingerprint density at radius 1 is 1.25 bits per heavy atom. The molecule has 0 spiro atoms. The Morgan fingerprint density at radius 2 is 1.97 bits per heavy atom. The van der Waals surface area contributed by atoms with Crippen molar-refractivity contribution in [1.29, 1.82) is 5.26 Å². The van der Waals surface area contributed by atoms with Gasteiger partial charge in [0.2, 0.25) is 0 Å². The molecule has 2 aliphatic carbocycles. The van der Waals surface area contributed by atoms with Crippen LogP contribution in [0.15, 0.2) is 57.4 Å². The number of hydrogen-bond donors (Lipinski definition) is 3. The minimum Gasteiger partial charge on any atom is -0.490 e. The van der Waals surface area contributed by atoms with Crippen LogP contribution in [0.5, 0.6) is 5.75 Å². The van der Waals surface area contributed by atoms with Crippen molar-refractivity contribution < 1.29 is 14.9 Å². The number of ether oxygens (including phenoxy) is 1. The molecule has 6 nitrogen and oxygen atoms in total. The van der Waals surface area contributed by atoms with Crippen LogP contribution in [0.3, 0.4) is 0 Å². The van der Waals surface area contributed by atoms with Crippen molar-refractivity contribution in [3.63, 3.8) is 0 Å². The number of nitrogens with zero attached hydrogens (tertiary/aromatic N) is 2. The van der Waals surface area contributed by atoms with Crippen LogP contribution in [0.2, 0.25) is 0 Å². The first kappa shape index (κ1) is 22.9. The number of nitriles is 1. The van der Waals surface area contributed by atoms with Crippen LogP contribution in [0, 0.1) is 11.3 Å². The Kier molecular flexibility index (Phi) is 6.66. The monoisotopic (exact) mass is 499 g/mol. The Hall–Kier alpha value is -2.27. The van der Waals surface area contributed by atoms with Gasteiger partial charge in [-0.05, 0) is 91.6 Å². The van der Waals surface area contributed by atoms with Crippen LogP contribution in [0.1, 0.15) is 57.4 Å². The van der Waals surface area contributed by atoms with Gasteiger partial charge < -0.3 is 25.2 Å². The number of nitrogens with one attached hydrogen (secondary N) is 1. The Bertz CT molecular complexity index is 1010. The predicted octanol–water partition coefficient (Wildman–Crippen LogP) is 4.45. The first-order chi connectivity index (χ1) is 15.4. The Labute approximate surface area is 198 Å². The molecule has 1 saturated heterocycles. The molecule has 3 fully saturated rings. The van der Waals surface area contributed by atoms with Crippen LogP contribution in [0.25, 0.3) is 0 Å². The van der Waals surface area contributed by atoms with Gasteiger partial charge in [0.05, 0.1) is 17.4 Å². The van der Waals surface area contributed by atoms with Crippen molar-refractivity contribution >= 4 is 15.9 Å². The molecule has 0 aromatic heterocycles. The second kappa shape index (κ2) is 9.30. The van der Waals surface area contributed by atoms with E-state index in [0.29, 0.717) is 11.1 Å². The van der Waals surface area contributed by atoms with Gasteiger partial charge >= 0.3 is 0 Å². The van der Waals surface area contributed by atoms with E-state index in [1.165, 1.54) is 5.57 Å². The van der Waals surface area contributed by atoms with E-state index in [0.717, 1.165) is 66.4 Å². The van der Waals surface area contributed by atoms with E-state index in [1.807, 2.05) is 37.2 Å². The fourth-order valence-electron chi connectivity index (χ4n) is 5.03. The smallest absolute Gasteiger partial charge is 0.275 e. The van der Waals surface area contributed by atoms with Crippen LogP contribution in [-0.2, 0) is 0 Å². The number of allylic oxidation sites excluding steroid dienone is 3. The average Bonchev–Trinajstić information content (AvgIpc) is 2.94. The van der Waals surface area contributed by atoms with E-state index in [2.05, 4.69) is 27.3 Å². The molecule has 1 heterocycles. The van der Waals surface area contributed by atoms with Crippen molar-refractivity contribution in [2.75, 3.05) is 7.05 Å². The lowest BCUT2D eigenvalue weighted by Gasteiger charge is -2.42. The molecule has 4 rings (SSSR count). The largest absolute Gasteiger partial charge is 0.490 e. The maximum Gasteiger partial charge on any atom is 0.275 e. The summed E-state index contributed by atoms with van der Waals surface area (Å²) in [5.41, 5.74) is 4.30. The van der Waals surface area contributed by atoms with E-state index in [-0.39, 0.29) is 12.1 Å². The lowest BCUT2D eigenvalue weighted by molar-refractivity contribution is -0.225. The molecule has 2 saturated carbocycles. The molecular formula is C25H30BrN3O3. The van der Waals surface area contributed by atoms with Gasteiger partial charge in [-0.15, -0.1) is 0 Å². The Morgan fingerprint density at radius 3 is 2.50 bits per heavy atom. The topological polar surface area (TPSA) is 88.8 Å². The van der Waals surface area contributed by atoms with E-state index < -0.39 is 5.91 Å². The Balaban J connectivity index is 1.52. The highest BCUT2D eigenvalue weighted by Gasteiger charge is 2.52. The summed E-state index contributed by atoms with van der Waals surface area (Å²) in [5, 5.41) is 34.6. The average molecular weight is 500 g/mol. The summed E-state index contributed by atoms with van der Waals surface area (Å²) in [4.78, 5) is 1.86. The zero-order valence-electron chi connectivity index (χ0n) is 18.6. The van der Waals surface area contributed by atoms with Gasteiger partial charge in [0, 0.05) is 34.9 Å². The third-order valence-corrected chi connectivity index (χ3v) is 7.38. The van der Waals surface area contributed by atoms with E-state index in [4.69, 9.17) is 10.00 Å². The molecule has 1 aliphatic heterocycles. The number of rotatable bonds is 4. The molecule has 7 heteroatoms. The zero-order valence-corrected chi connectivity index (χ0v) is 20.2. The molecule has 0 unspecified atom stereocenters. The lowest BCUT2D eigenvalue weighted by atomic mass is 9.86. The molecule has 170 valence electrons. The third-order valence-electron chi connectivity index (χ3n) is 6.73. The molecule has 0 radical (unpaired) electrons. The molecule has 0 atom stereocenters. The van der Waals surface area contributed by atoms with E-state index in [1.54, 1.807) is 12.1 Å². The molecule has 3 aliphatic rings. The van der Waals surface area contributed by atoms with E-state index in [9.17, 15) is 10.2 Å². The second-order valence-electron chi connectivity index (χ2n) is 8.66. The summed E-state index contributed by atoms with van der Waals surface area (Å²) in [7, 11) is 1.84.